The summed E-state index contributed by atoms with van der Waals surface area (Å²) in [4.78, 5) is 22.2. The molecule has 0 spiro atoms. The lowest BCUT2D eigenvalue weighted by molar-refractivity contribution is -0.142. The predicted octanol–water partition coefficient (Wildman–Crippen LogP) is -0.0346. The number of aliphatic carboxylic acids is 1. The first kappa shape index (κ1) is 12.0. The molecule has 0 aliphatic heterocycles. The number of hydrogen-bond donors (Lipinski definition) is 3. The van der Waals surface area contributed by atoms with Crippen molar-refractivity contribution in [1.29, 1.82) is 0 Å². The third-order valence-corrected chi connectivity index (χ3v) is 2.51. The molecule has 1 atom stereocenters. The van der Waals surface area contributed by atoms with Crippen LogP contribution < -0.4 is 10.6 Å². The Balaban J connectivity index is 2.24. The Morgan fingerprint density at radius 1 is 1.47 bits per heavy atom. The lowest BCUT2D eigenvalue weighted by Gasteiger charge is -2.13. The Morgan fingerprint density at radius 3 is 2.60 bits per heavy atom. The molecule has 1 aliphatic rings. The van der Waals surface area contributed by atoms with Gasteiger partial charge in [0, 0.05) is 6.42 Å². The van der Waals surface area contributed by atoms with E-state index in [4.69, 9.17) is 5.11 Å². The third-order valence-electron chi connectivity index (χ3n) is 2.51. The van der Waals surface area contributed by atoms with Crippen LogP contribution in [0.15, 0.2) is 0 Å². The average molecular weight is 214 g/mol. The van der Waals surface area contributed by atoms with Crippen LogP contribution in [0.5, 0.6) is 0 Å². The number of carboxylic acids is 1. The molecule has 0 saturated heterocycles. The van der Waals surface area contributed by atoms with Crippen LogP contribution in [0.2, 0.25) is 0 Å². The third kappa shape index (κ3) is 4.29. The number of carboxylic acid groups (broad SMARTS) is 1. The quantitative estimate of drug-likeness (QED) is 0.520. The Hall–Kier alpha value is -1.10. The maximum Gasteiger partial charge on any atom is 0.326 e. The topological polar surface area (TPSA) is 78.4 Å². The smallest absolute Gasteiger partial charge is 0.326 e. The van der Waals surface area contributed by atoms with Gasteiger partial charge in [0.2, 0.25) is 5.91 Å². The fourth-order valence-electron chi connectivity index (χ4n) is 1.48. The predicted molar refractivity (Wildman–Crippen MR) is 55.5 cm³/mol. The SMILES string of the molecule is CNCCCC(=O)NC(C(=O)O)C1CC1. The van der Waals surface area contributed by atoms with Crippen molar-refractivity contribution >= 4 is 11.9 Å². The second kappa shape index (κ2) is 5.70. The van der Waals surface area contributed by atoms with Crippen molar-refractivity contribution in [2.45, 2.75) is 31.7 Å². The lowest BCUT2D eigenvalue weighted by atomic mass is 10.2. The Labute approximate surface area is 89.2 Å². The summed E-state index contributed by atoms with van der Waals surface area (Å²) in [7, 11) is 1.82. The van der Waals surface area contributed by atoms with Gasteiger partial charge in [-0.3, -0.25) is 4.79 Å². The van der Waals surface area contributed by atoms with E-state index in [0.29, 0.717) is 6.42 Å². The highest BCUT2D eigenvalue weighted by molar-refractivity contribution is 5.83. The molecule has 0 aromatic heterocycles. The summed E-state index contributed by atoms with van der Waals surface area (Å²) < 4.78 is 0. The Bertz CT molecular complexity index is 239. The zero-order valence-electron chi connectivity index (χ0n) is 8.95. The number of carbonyl (C=O) groups is 2. The molecule has 15 heavy (non-hydrogen) atoms. The molecule has 1 fully saturated rings. The van der Waals surface area contributed by atoms with Crippen molar-refractivity contribution < 1.29 is 14.7 Å². The van der Waals surface area contributed by atoms with Gasteiger partial charge in [0.05, 0.1) is 0 Å². The van der Waals surface area contributed by atoms with Gasteiger partial charge < -0.3 is 15.7 Å². The summed E-state index contributed by atoms with van der Waals surface area (Å²) in [5, 5.41) is 14.4. The molecule has 86 valence electrons. The zero-order chi connectivity index (χ0) is 11.3. The fraction of sp³-hybridized carbons (Fsp3) is 0.800. The van der Waals surface area contributed by atoms with Gasteiger partial charge in [0.15, 0.2) is 0 Å². The maximum absolute atomic E-state index is 11.4. The summed E-state index contributed by atoms with van der Waals surface area (Å²) in [6, 6.07) is -0.674. The van der Waals surface area contributed by atoms with E-state index in [1.165, 1.54) is 0 Å². The van der Waals surface area contributed by atoms with E-state index in [0.717, 1.165) is 25.8 Å². The van der Waals surface area contributed by atoms with Crippen LogP contribution >= 0.6 is 0 Å². The van der Waals surface area contributed by atoms with Gasteiger partial charge >= 0.3 is 5.97 Å². The first-order chi connectivity index (χ1) is 7.15. The minimum Gasteiger partial charge on any atom is -0.480 e. The number of hydrogen-bond acceptors (Lipinski definition) is 3. The molecule has 0 aromatic carbocycles. The molecular formula is C10H18N2O3. The maximum atomic E-state index is 11.4. The fourth-order valence-corrected chi connectivity index (χ4v) is 1.48. The van der Waals surface area contributed by atoms with Crippen molar-refractivity contribution in [3.8, 4) is 0 Å². The Morgan fingerprint density at radius 2 is 2.13 bits per heavy atom. The minimum atomic E-state index is -0.917. The second-order valence-corrected chi connectivity index (χ2v) is 3.93. The normalized spacial score (nSPS) is 17.1. The molecule has 5 heteroatoms. The van der Waals surface area contributed by atoms with Gasteiger partial charge in [-0.1, -0.05) is 0 Å². The highest BCUT2D eigenvalue weighted by atomic mass is 16.4. The van der Waals surface area contributed by atoms with Gasteiger partial charge in [0.1, 0.15) is 6.04 Å². The Kier molecular flexibility index (Phi) is 4.55. The van der Waals surface area contributed by atoms with Crippen molar-refractivity contribution in [1.82, 2.24) is 10.6 Å². The molecule has 0 aromatic rings. The van der Waals surface area contributed by atoms with Crippen LogP contribution in [0.25, 0.3) is 0 Å². The van der Waals surface area contributed by atoms with Crippen molar-refractivity contribution in [3.63, 3.8) is 0 Å². The molecule has 1 unspecified atom stereocenters. The molecule has 1 aliphatic carbocycles. The first-order valence-electron chi connectivity index (χ1n) is 5.32. The summed E-state index contributed by atoms with van der Waals surface area (Å²) in [5.41, 5.74) is 0. The number of carbonyl (C=O) groups excluding carboxylic acids is 1. The van der Waals surface area contributed by atoms with Crippen LogP contribution in [-0.2, 0) is 9.59 Å². The van der Waals surface area contributed by atoms with E-state index in [1.807, 2.05) is 7.05 Å². The van der Waals surface area contributed by atoms with Crippen molar-refractivity contribution in [2.24, 2.45) is 5.92 Å². The standard InChI is InChI=1S/C10H18N2O3/c1-11-6-2-3-8(13)12-9(10(14)15)7-4-5-7/h7,9,11H,2-6H2,1H3,(H,12,13)(H,14,15). The second-order valence-electron chi connectivity index (χ2n) is 3.93. The number of rotatable bonds is 7. The summed E-state index contributed by atoms with van der Waals surface area (Å²) in [5.74, 6) is -0.931. The van der Waals surface area contributed by atoms with E-state index in [2.05, 4.69) is 10.6 Å². The van der Waals surface area contributed by atoms with Crippen LogP contribution in [0.1, 0.15) is 25.7 Å². The summed E-state index contributed by atoms with van der Waals surface area (Å²) in [6.45, 7) is 0.772. The molecule has 5 nitrogen and oxygen atoms in total. The van der Waals surface area contributed by atoms with Gasteiger partial charge in [0.25, 0.3) is 0 Å². The molecule has 1 rings (SSSR count). The molecule has 0 radical (unpaired) electrons. The van der Waals surface area contributed by atoms with Gasteiger partial charge in [-0.25, -0.2) is 4.79 Å². The number of nitrogens with one attached hydrogen (secondary N) is 2. The summed E-state index contributed by atoms with van der Waals surface area (Å²) >= 11 is 0. The highest BCUT2D eigenvalue weighted by Crippen LogP contribution is 2.32. The van der Waals surface area contributed by atoms with Gasteiger partial charge in [-0.05, 0) is 38.8 Å². The first-order valence-corrected chi connectivity index (χ1v) is 5.32. The molecule has 1 saturated carbocycles. The molecule has 1 amide bonds. The average Bonchev–Trinajstić information content (AvgIpc) is 2.97. The van der Waals surface area contributed by atoms with Gasteiger partial charge in [-0.2, -0.15) is 0 Å². The van der Waals surface area contributed by atoms with Crippen molar-refractivity contribution in [3.05, 3.63) is 0 Å². The van der Waals surface area contributed by atoms with Crippen LogP contribution in [-0.4, -0.2) is 36.6 Å². The zero-order valence-corrected chi connectivity index (χ0v) is 8.95. The van der Waals surface area contributed by atoms with E-state index < -0.39 is 12.0 Å². The molecule has 0 bridgehead atoms. The largest absolute Gasteiger partial charge is 0.480 e. The van der Waals surface area contributed by atoms with Crippen LogP contribution in [0.4, 0.5) is 0 Å². The number of amides is 1. The molecular weight excluding hydrogens is 196 g/mol. The molecule has 0 heterocycles. The van der Waals surface area contributed by atoms with Gasteiger partial charge in [-0.15, -0.1) is 0 Å². The minimum absolute atomic E-state index is 0.149. The van der Waals surface area contributed by atoms with E-state index in [9.17, 15) is 9.59 Å². The van der Waals surface area contributed by atoms with E-state index in [-0.39, 0.29) is 11.8 Å². The highest BCUT2D eigenvalue weighted by Gasteiger charge is 2.36. The van der Waals surface area contributed by atoms with E-state index in [1.54, 1.807) is 0 Å². The lowest BCUT2D eigenvalue weighted by Crippen LogP contribution is -2.42. The monoisotopic (exact) mass is 214 g/mol. The van der Waals surface area contributed by atoms with Crippen LogP contribution in [0.3, 0.4) is 0 Å². The summed E-state index contributed by atoms with van der Waals surface area (Å²) in [6.07, 6.45) is 2.94. The van der Waals surface area contributed by atoms with Crippen molar-refractivity contribution in [2.75, 3.05) is 13.6 Å². The van der Waals surface area contributed by atoms with Crippen LogP contribution in [0, 0.1) is 5.92 Å². The molecule has 3 N–H and O–H groups in total. The van der Waals surface area contributed by atoms with E-state index >= 15 is 0 Å².